The fourth-order valence-electron chi connectivity index (χ4n) is 1.71. The molecule has 0 spiro atoms. The number of rotatable bonds is 3. The van der Waals surface area contributed by atoms with Crippen molar-refractivity contribution in [2.75, 3.05) is 7.11 Å². The van der Waals surface area contributed by atoms with Gasteiger partial charge in [-0.3, -0.25) is 4.68 Å². The van der Waals surface area contributed by atoms with E-state index >= 15 is 0 Å². The van der Waals surface area contributed by atoms with E-state index in [1.54, 1.807) is 25.4 Å². The molecule has 1 unspecified atom stereocenters. The molecule has 1 aromatic carbocycles. The van der Waals surface area contributed by atoms with E-state index in [0.717, 1.165) is 0 Å². The predicted molar refractivity (Wildman–Crippen MR) is 60.2 cm³/mol. The summed E-state index contributed by atoms with van der Waals surface area (Å²) in [5, 5.41) is 14.0. The molecule has 1 atom stereocenters. The summed E-state index contributed by atoms with van der Waals surface area (Å²) >= 11 is 0. The molecule has 1 heterocycles. The summed E-state index contributed by atoms with van der Waals surface area (Å²) in [4.78, 5) is 0. The first-order chi connectivity index (χ1) is 8.15. The SMILES string of the molecule is COc1cccc(C(O)c2ccnn2C)c1F. The molecule has 0 saturated carbocycles. The zero-order valence-corrected chi connectivity index (χ0v) is 9.59. The van der Waals surface area contributed by atoms with Crippen molar-refractivity contribution in [1.82, 2.24) is 9.78 Å². The van der Waals surface area contributed by atoms with Crippen LogP contribution in [0.15, 0.2) is 30.5 Å². The Balaban J connectivity index is 2.44. The lowest BCUT2D eigenvalue weighted by molar-refractivity contribution is 0.203. The number of aromatic nitrogens is 2. The molecule has 4 nitrogen and oxygen atoms in total. The molecular weight excluding hydrogens is 223 g/mol. The van der Waals surface area contributed by atoms with Gasteiger partial charge in [0.05, 0.1) is 12.8 Å². The van der Waals surface area contributed by atoms with Gasteiger partial charge < -0.3 is 9.84 Å². The molecular formula is C12H13FN2O2. The number of aryl methyl sites for hydroxylation is 1. The highest BCUT2D eigenvalue weighted by Gasteiger charge is 2.19. The minimum Gasteiger partial charge on any atom is -0.494 e. The van der Waals surface area contributed by atoms with Crippen molar-refractivity contribution < 1.29 is 14.2 Å². The van der Waals surface area contributed by atoms with Crippen LogP contribution in [0, 0.1) is 5.82 Å². The Morgan fingerprint density at radius 2 is 2.18 bits per heavy atom. The van der Waals surface area contributed by atoms with Gasteiger partial charge in [0.2, 0.25) is 0 Å². The monoisotopic (exact) mass is 236 g/mol. The highest BCUT2D eigenvalue weighted by Crippen LogP contribution is 2.28. The van der Waals surface area contributed by atoms with Crippen molar-refractivity contribution in [3.05, 3.63) is 47.5 Å². The van der Waals surface area contributed by atoms with E-state index in [-0.39, 0.29) is 11.3 Å². The lowest BCUT2D eigenvalue weighted by Crippen LogP contribution is -2.08. The Hall–Kier alpha value is -1.88. The quantitative estimate of drug-likeness (QED) is 0.881. The maximum atomic E-state index is 13.9. The number of hydrogen-bond donors (Lipinski definition) is 1. The van der Waals surface area contributed by atoms with Crippen molar-refractivity contribution in [1.29, 1.82) is 0 Å². The summed E-state index contributed by atoms with van der Waals surface area (Å²) in [6.07, 6.45) is 0.494. The number of methoxy groups -OCH3 is 1. The first-order valence-electron chi connectivity index (χ1n) is 5.13. The molecule has 2 rings (SSSR count). The number of nitrogens with zero attached hydrogens (tertiary/aromatic N) is 2. The number of ether oxygens (including phenoxy) is 1. The van der Waals surface area contributed by atoms with Gasteiger partial charge >= 0.3 is 0 Å². The first-order valence-corrected chi connectivity index (χ1v) is 5.13. The van der Waals surface area contributed by atoms with Gasteiger partial charge in [-0.1, -0.05) is 12.1 Å². The normalized spacial score (nSPS) is 12.5. The molecule has 5 heteroatoms. The lowest BCUT2D eigenvalue weighted by Gasteiger charge is -2.13. The second kappa shape index (κ2) is 4.55. The van der Waals surface area contributed by atoms with Crippen LogP contribution in [0.1, 0.15) is 17.4 Å². The van der Waals surface area contributed by atoms with Crippen molar-refractivity contribution in [3.8, 4) is 5.75 Å². The number of aliphatic hydroxyl groups is 1. The third kappa shape index (κ3) is 2.01. The van der Waals surface area contributed by atoms with Crippen LogP contribution in [0.2, 0.25) is 0 Å². The maximum absolute atomic E-state index is 13.9. The van der Waals surface area contributed by atoms with Gasteiger partial charge in [-0.05, 0) is 12.1 Å². The fraction of sp³-hybridized carbons (Fsp3) is 0.250. The van der Waals surface area contributed by atoms with Crippen molar-refractivity contribution in [2.24, 2.45) is 7.05 Å². The fourth-order valence-corrected chi connectivity index (χ4v) is 1.71. The standard InChI is InChI=1S/C12H13FN2O2/c1-15-9(6-7-14-15)12(16)8-4-3-5-10(17-2)11(8)13/h3-7,12,16H,1-2H3. The van der Waals surface area contributed by atoms with Gasteiger partial charge in [-0.2, -0.15) is 5.10 Å². The van der Waals surface area contributed by atoms with E-state index in [1.807, 2.05) is 0 Å². The Labute approximate surface area is 98.3 Å². The average molecular weight is 236 g/mol. The Bertz CT molecular complexity index is 525. The van der Waals surface area contributed by atoms with Crippen molar-refractivity contribution in [2.45, 2.75) is 6.10 Å². The summed E-state index contributed by atoms with van der Waals surface area (Å²) in [5.41, 5.74) is 0.699. The molecule has 0 bridgehead atoms. The topological polar surface area (TPSA) is 47.3 Å². The largest absolute Gasteiger partial charge is 0.494 e. The number of halogens is 1. The van der Waals surface area contributed by atoms with Crippen LogP contribution in [0.5, 0.6) is 5.75 Å². The van der Waals surface area contributed by atoms with Gasteiger partial charge in [0.1, 0.15) is 6.10 Å². The molecule has 1 aromatic heterocycles. The van der Waals surface area contributed by atoms with Crippen molar-refractivity contribution >= 4 is 0 Å². The van der Waals surface area contributed by atoms with E-state index in [2.05, 4.69) is 5.10 Å². The van der Waals surface area contributed by atoms with Crippen LogP contribution in [0.4, 0.5) is 4.39 Å². The molecule has 0 aliphatic heterocycles. The predicted octanol–water partition coefficient (Wildman–Crippen LogP) is 1.65. The van der Waals surface area contributed by atoms with Gasteiger partial charge in [0, 0.05) is 18.8 Å². The number of aliphatic hydroxyl groups excluding tert-OH is 1. The molecule has 0 fully saturated rings. The van der Waals surface area contributed by atoms with Gasteiger partial charge in [0.25, 0.3) is 0 Å². The summed E-state index contributed by atoms with van der Waals surface area (Å²) in [5.74, 6) is -0.438. The van der Waals surface area contributed by atoms with Crippen LogP contribution in [-0.4, -0.2) is 22.0 Å². The van der Waals surface area contributed by atoms with E-state index in [4.69, 9.17) is 4.74 Å². The highest BCUT2D eigenvalue weighted by atomic mass is 19.1. The van der Waals surface area contributed by atoms with E-state index in [1.165, 1.54) is 23.9 Å². The molecule has 0 amide bonds. The molecule has 2 aromatic rings. The molecule has 0 aliphatic rings. The van der Waals surface area contributed by atoms with Gasteiger partial charge in [-0.25, -0.2) is 4.39 Å². The van der Waals surface area contributed by atoms with E-state index < -0.39 is 11.9 Å². The van der Waals surface area contributed by atoms with Crippen LogP contribution in [-0.2, 0) is 7.05 Å². The van der Waals surface area contributed by atoms with Crippen LogP contribution >= 0.6 is 0 Å². The number of benzene rings is 1. The summed E-state index contributed by atoms with van der Waals surface area (Å²) in [7, 11) is 3.08. The third-order valence-corrected chi connectivity index (χ3v) is 2.65. The van der Waals surface area contributed by atoms with E-state index in [0.29, 0.717) is 5.69 Å². The summed E-state index contributed by atoms with van der Waals surface area (Å²) in [6.45, 7) is 0. The Morgan fingerprint density at radius 1 is 1.41 bits per heavy atom. The smallest absolute Gasteiger partial charge is 0.171 e. The minimum absolute atomic E-state index is 0.115. The highest BCUT2D eigenvalue weighted by molar-refractivity contribution is 5.35. The second-order valence-electron chi connectivity index (χ2n) is 3.65. The molecule has 0 saturated heterocycles. The lowest BCUT2D eigenvalue weighted by atomic mass is 10.1. The Kier molecular flexibility index (Phi) is 3.10. The summed E-state index contributed by atoms with van der Waals surface area (Å²) < 4.78 is 20.3. The number of hydrogen-bond acceptors (Lipinski definition) is 3. The second-order valence-corrected chi connectivity index (χ2v) is 3.65. The van der Waals surface area contributed by atoms with Gasteiger partial charge in [-0.15, -0.1) is 0 Å². The molecule has 90 valence electrons. The zero-order chi connectivity index (χ0) is 12.4. The zero-order valence-electron chi connectivity index (χ0n) is 9.59. The minimum atomic E-state index is -1.06. The van der Waals surface area contributed by atoms with E-state index in [9.17, 15) is 9.50 Å². The molecule has 0 radical (unpaired) electrons. The third-order valence-electron chi connectivity index (χ3n) is 2.65. The maximum Gasteiger partial charge on any atom is 0.171 e. The van der Waals surface area contributed by atoms with Crippen LogP contribution in [0.25, 0.3) is 0 Å². The van der Waals surface area contributed by atoms with Crippen LogP contribution < -0.4 is 4.74 Å². The average Bonchev–Trinajstić information content (AvgIpc) is 2.75. The van der Waals surface area contributed by atoms with Crippen molar-refractivity contribution in [3.63, 3.8) is 0 Å². The molecule has 1 N–H and O–H groups in total. The summed E-state index contributed by atoms with van der Waals surface area (Å²) in [6, 6.07) is 6.31. The van der Waals surface area contributed by atoms with Gasteiger partial charge in [0.15, 0.2) is 11.6 Å². The molecule has 17 heavy (non-hydrogen) atoms. The Morgan fingerprint density at radius 3 is 2.76 bits per heavy atom. The first kappa shape index (κ1) is 11.6. The molecule has 0 aliphatic carbocycles. The van der Waals surface area contributed by atoms with Crippen LogP contribution in [0.3, 0.4) is 0 Å².